The molecule has 0 bridgehead atoms. The molecule has 1 aliphatic rings. The molecule has 0 saturated heterocycles. The van der Waals surface area contributed by atoms with Crippen LogP contribution < -0.4 is 10.6 Å². The Labute approximate surface area is 141 Å². The van der Waals surface area contributed by atoms with Crippen LogP contribution in [-0.2, 0) is 16.2 Å². The van der Waals surface area contributed by atoms with Gasteiger partial charge in [-0.2, -0.15) is 0 Å². The average molecular weight is 343 g/mol. The Bertz CT molecular complexity index is 795. The van der Waals surface area contributed by atoms with Crippen molar-refractivity contribution in [1.29, 1.82) is 0 Å². The Morgan fingerprint density at radius 3 is 2.28 bits per heavy atom. The number of imide groups is 1. The van der Waals surface area contributed by atoms with Crippen molar-refractivity contribution in [1.82, 2.24) is 15.7 Å². The van der Waals surface area contributed by atoms with Gasteiger partial charge < -0.3 is 19.9 Å². The largest absolute Gasteiger partial charge is 0.467 e. The lowest BCUT2D eigenvalue weighted by molar-refractivity contribution is -0.167. The third kappa shape index (κ3) is 3.50. The van der Waals surface area contributed by atoms with Gasteiger partial charge in [0, 0.05) is 0 Å². The number of carbonyl (C=O) groups excluding carboxylic acids is 4. The molecule has 3 rings (SSSR count). The summed E-state index contributed by atoms with van der Waals surface area (Å²) in [5.74, 6) is -1.86. The number of carbonyl (C=O) groups is 4. The van der Waals surface area contributed by atoms with Crippen molar-refractivity contribution < 1.29 is 28.4 Å². The van der Waals surface area contributed by atoms with Crippen molar-refractivity contribution in [3.8, 4) is 0 Å². The zero-order chi connectivity index (χ0) is 17.8. The van der Waals surface area contributed by atoms with Crippen LogP contribution in [0.4, 0.5) is 4.79 Å². The minimum Gasteiger partial charge on any atom is -0.467 e. The van der Waals surface area contributed by atoms with Gasteiger partial charge in [0.2, 0.25) is 0 Å². The van der Waals surface area contributed by atoms with E-state index in [0.29, 0.717) is 10.8 Å². The maximum Gasteiger partial charge on any atom is 0.352 e. The number of hydrogen-bond donors (Lipinski definition) is 2. The standard InChI is InChI=1S/C16H13N3O6/c20-13(9-18-16(23)17-8-10-4-3-7-24-10)25-19-14(21)11-5-1-2-6-12(11)15(19)22/h1-7H,8-9H2,(H2,17,18,23). The molecule has 2 aromatic rings. The lowest BCUT2D eigenvalue weighted by Crippen LogP contribution is -2.41. The van der Waals surface area contributed by atoms with E-state index >= 15 is 0 Å². The molecule has 9 heteroatoms. The quantitative estimate of drug-likeness (QED) is 0.777. The first-order valence-corrected chi connectivity index (χ1v) is 7.29. The third-order valence-corrected chi connectivity index (χ3v) is 3.35. The van der Waals surface area contributed by atoms with Crippen molar-refractivity contribution in [3.05, 3.63) is 59.5 Å². The molecule has 1 aromatic heterocycles. The lowest BCUT2D eigenvalue weighted by atomic mass is 10.1. The number of furan rings is 1. The minimum atomic E-state index is -0.956. The SMILES string of the molecule is O=C(NCC(=O)ON1C(=O)c2ccccc2C1=O)NCc1ccco1. The van der Waals surface area contributed by atoms with Gasteiger partial charge in [-0.1, -0.05) is 17.2 Å². The first-order valence-electron chi connectivity index (χ1n) is 7.29. The van der Waals surface area contributed by atoms with Gasteiger partial charge in [0.15, 0.2) is 0 Å². The van der Waals surface area contributed by atoms with Gasteiger partial charge in [-0.15, -0.1) is 0 Å². The molecule has 0 fully saturated rings. The fraction of sp³-hybridized carbons (Fsp3) is 0.125. The molecule has 2 N–H and O–H groups in total. The van der Waals surface area contributed by atoms with Crippen LogP contribution >= 0.6 is 0 Å². The third-order valence-electron chi connectivity index (χ3n) is 3.35. The highest BCUT2D eigenvalue weighted by molar-refractivity contribution is 6.20. The number of fused-ring (bicyclic) bond motifs is 1. The van der Waals surface area contributed by atoms with E-state index in [2.05, 4.69) is 10.6 Å². The van der Waals surface area contributed by atoms with E-state index in [1.54, 1.807) is 24.3 Å². The number of hydroxylamine groups is 2. The number of hydrogen-bond acceptors (Lipinski definition) is 6. The van der Waals surface area contributed by atoms with Gasteiger partial charge in [0.1, 0.15) is 12.3 Å². The second kappa shape index (κ2) is 6.87. The fourth-order valence-corrected chi connectivity index (χ4v) is 2.18. The smallest absolute Gasteiger partial charge is 0.352 e. The summed E-state index contributed by atoms with van der Waals surface area (Å²) in [4.78, 5) is 52.1. The molecule has 1 aromatic carbocycles. The van der Waals surface area contributed by atoms with E-state index < -0.39 is 30.4 Å². The van der Waals surface area contributed by atoms with Gasteiger partial charge >= 0.3 is 12.0 Å². The number of nitrogens with one attached hydrogen (secondary N) is 2. The summed E-state index contributed by atoms with van der Waals surface area (Å²) >= 11 is 0. The van der Waals surface area contributed by atoms with Gasteiger partial charge in [0.05, 0.1) is 23.9 Å². The average Bonchev–Trinajstić information content (AvgIpc) is 3.22. The summed E-state index contributed by atoms with van der Waals surface area (Å²) in [7, 11) is 0. The summed E-state index contributed by atoms with van der Waals surface area (Å²) in [6.07, 6.45) is 1.47. The van der Waals surface area contributed by atoms with Crippen LogP contribution in [0.25, 0.3) is 0 Å². The molecule has 0 spiro atoms. The van der Waals surface area contributed by atoms with E-state index in [-0.39, 0.29) is 17.7 Å². The molecule has 0 saturated carbocycles. The molecule has 25 heavy (non-hydrogen) atoms. The first-order chi connectivity index (χ1) is 12.1. The Morgan fingerprint density at radius 1 is 1.00 bits per heavy atom. The minimum absolute atomic E-state index is 0.145. The maximum absolute atomic E-state index is 12.0. The summed E-state index contributed by atoms with van der Waals surface area (Å²) in [5, 5.41) is 5.11. The number of amides is 4. The van der Waals surface area contributed by atoms with Crippen LogP contribution in [0.1, 0.15) is 26.5 Å². The predicted octanol–water partition coefficient (Wildman–Crippen LogP) is 0.833. The van der Waals surface area contributed by atoms with E-state index in [1.165, 1.54) is 18.4 Å². The summed E-state index contributed by atoms with van der Waals surface area (Å²) < 4.78 is 5.04. The molecule has 0 aliphatic carbocycles. The zero-order valence-electron chi connectivity index (χ0n) is 12.9. The van der Waals surface area contributed by atoms with Gasteiger partial charge in [-0.05, 0) is 24.3 Å². The molecular formula is C16H13N3O6. The molecule has 9 nitrogen and oxygen atoms in total. The summed E-state index contributed by atoms with van der Waals surface area (Å²) in [6.45, 7) is -0.371. The van der Waals surface area contributed by atoms with Crippen molar-refractivity contribution in [2.24, 2.45) is 0 Å². The monoisotopic (exact) mass is 343 g/mol. The number of rotatable bonds is 5. The molecule has 0 unspecified atom stereocenters. The topological polar surface area (TPSA) is 118 Å². The van der Waals surface area contributed by atoms with E-state index in [1.807, 2.05) is 0 Å². The molecule has 0 atom stereocenters. The molecular weight excluding hydrogens is 330 g/mol. The number of nitrogens with zero attached hydrogens (tertiary/aromatic N) is 1. The highest BCUT2D eigenvalue weighted by Crippen LogP contribution is 2.22. The lowest BCUT2D eigenvalue weighted by Gasteiger charge is -2.13. The molecule has 2 heterocycles. The Hall–Kier alpha value is -3.62. The van der Waals surface area contributed by atoms with Crippen LogP contribution in [-0.4, -0.2) is 35.4 Å². The van der Waals surface area contributed by atoms with Crippen LogP contribution in [0.15, 0.2) is 47.1 Å². The first kappa shape index (κ1) is 16.2. The van der Waals surface area contributed by atoms with Crippen LogP contribution in [0.5, 0.6) is 0 Å². The molecule has 128 valence electrons. The Kier molecular flexibility index (Phi) is 4.46. The second-order valence-electron chi connectivity index (χ2n) is 5.03. The maximum atomic E-state index is 12.0. The van der Waals surface area contributed by atoms with Crippen LogP contribution in [0.3, 0.4) is 0 Å². The van der Waals surface area contributed by atoms with Crippen molar-refractivity contribution in [2.75, 3.05) is 6.54 Å². The van der Waals surface area contributed by atoms with Crippen molar-refractivity contribution >= 4 is 23.8 Å². The summed E-state index contributed by atoms with van der Waals surface area (Å²) in [6, 6.07) is 8.84. The second-order valence-corrected chi connectivity index (χ2v) is 5.03. The Balaban J connectivity index is 1.48. The van der Waals surface area contributed by atoms with Crippen molar-refractivity contribution in [2.45, 2.75) is 6.54 Å². The van der Waals surface area contributed by atoms with Crippen molar-refractivity contribution in [3.63, 3.8) is 0 Å². The highest BCUT2D eigenvalue weighted by Gasteiger charge is 2.38. The Morgan fingerprint density at radius 2 is 1.68 bits per heavy atom. The summed E-state index contributed by atoms with van der Waals surface area (Å²) in [5.41, 5.74) is 0.314. The normalized spacial score (nSPS) is 12.7. The molecule has 4 amide bonds. The number of benzene rings is 1. The zero-order valence-corrected chi connectivity index (χ0v) is 12.9. The highest BCUT2D eigenvalue weighted by atomic mass is 16.7. The number of urea groups is 1. The van der Waals surface area contributed by atoms with E-state index in [0.717, 1.165) is 0 Å². The van der Waals surface area contributed by atoms with E-state index in [4.69, 9.17) is 9.25 Å². The van der Waals surface area contributed by atoms with Gasteiger partial charge in [-0.3, -0.25) is 9.59 Å². The van der Waals surface area contributed by atoms with Crippen LogP contribution in [0.2, 0.25) is 0 Å². The fourth-order valence-electron chi connectivity index (χ4n) is 2.18. The van der Waals surface area contributed by atoms with Gasteiger partial charge in [0.25, 0.3) is 11.8 Å². The van der Waals surface area contributed by atoms with Gasteiger partial charge in [-0.25, -0.2) is 9.59 Å². The molecule has 1 aliphatic heterocycles. The molecule has 0 radical (unpaired) electrons. The predicted molar refractivity (Wildman–Crippen MR) is 82.0 cm³/mol. The van der Waals surface area contributed by atoms with Crippen LogP contribution in [0, 0.1) is 0 Å². The van der Waals surface area contributed by atoms with E-state index in [9.17, 15) is 19.2 Å².